The fourth-order valence-corrected chi connectivity index (χ4v) is 4.58. The van der Waals surface area contributed by atoms with Crippen molar-refractivity contribution in [2.75, 3.05) is 39.4 Å². The van der Waals surface area contributed by atoms with Gasteiger partial charge in [0.1, 0.15) is 0 Å². The Morgan fingerprint density at radius 3 is 2.67 bits per heavy atom. The topological polar surface area (TPSA) is 24.8 Å². The van der Waals surface area contributed by atoms with Crippen molar-refractivity contribution in [2.24, 2.45) is 4.99 Å². The van der Waals surface area contributed by atoms with Crippen LogP contribution in [-0.4, -0.2) is 44.3 Å². The average Bonchev–Trinajstić information content (AvgIpc) is 2.72. The molecule has 1 fully saturated rings. The van der Waals surface area contributed by atoms with Gasteiger partial charge in [0.05, 0.1) is 18.6 Å². The van der Waals surface area contributed by atoms with Crippen LogP contribution in [0, 0.1) is 0 Å². The molecule has 1 aliphatic rings. The summed E-state index contributed by atoms with van der Waals surface area (Å²) < 4.78 is 6.63. The zero-order chi connectivity index (χ0) is 18.5. The number of fused-ring (bicyclic) bond motifs is 1. The molecular formula is C22H23ClN2OS. The minimum Gasteiger partial charge on any atom is -0.379 e. The standard InChI is InChI=1S/C22H23ClN2OS/c23-18-7-8-21-19(15-18)20(16-22(27-21)17-5-2-1-3-6-17)24-9-4-10-25-11-13-26-14-12-25/h1-3,5-8,15-16H,4,9-14H2. The van der Waals surface area contributed by atoms with E-state index in [0.29, 0.717) is 0 Å². The molecule has 0 N–H and O–H groups in total. The van der Waals surface area contributed by atoms with E-state index in [1.165, 1.54) is 15.1 Å². The molecular weight excluding hydrogens is 376 g/mol. The third kappa shape index (κ3) is 4.77. The minimum absolute atomic E-state index is 0.756. The maximum atomic E-state index is 6.25. The van der Waals surface area contributed by atoms with E-state index in [-0.39, 0.29) is 0 Å². The Balaban J connectivity index is 1.61. The Morgan fingerprint density at radius 2 is 1.85 bits per heavy atom. The lowest BCUT2D eigenvalue weighted by Crippen LogP contribution is -2.37. The van der Waals surface area contributed by atoms with Gasteiger partial charge >= 0.3 is 0 Å². The number of rotatable bonds is 5. The second kappa shape index (κ2) is 8.98. The lowest BCUT2D eigenvalue weighted by atomic mass is 10.1. The normalized spacial score (nSPS) is 16.1. The third-order valence-corrected chi connectivity index (χ3v) is 6.17. The molecule has 0 aliphatic carbocycles. The number of benzene rings is 2. The molecule has 3 aromatic rings. The number of hydrogen-bond acceptors (Lipinski definition) is 4. The van der Waals surface area contributed by atoms with Gasteiger partial charge < -0.3 is 4.74 Å². The molecule has 140 valence electrons. The lowest BCUT2D eigenvalue weighted by Gasteiger charge is -2.26. The van der Waals surface area contributed by atoms with Crippen LogP contribution in [0.15, 0.2) is 59.6 Å². The number of nitrogens with zero attached hydrogens (tertiary/aromatic N) is 2. The summed E-state index contributed by atoms with van der Waals surface area (Å²) in [6.07, 6.45) is 1.06. The molecule has 0 unspecified atom stereocenters. The highest BCUT2D eigenvalue weighted by atomic mass is 35.5. The van der Waals surface area contributed by atoms with E-state index in [0.717, 1.165) is 61.6 Å². The van der Waals surface area contributed by atoms with Gasteiger partial charge in [-0.1, -0.05) is 41.9 Å². The Hall–Kier alpha value is -1.72. The smallest absolute Gasteiger partial charge is 0.0675 e. The summed E-state index contributed by atoms with van der Waals surface area (Å²) in [6, 6.07) is 18.8. The Bertz CT molecular complexity index is 965. The van der Waals surface area contributed by atoms with Crippen molar-refractivity contribution >= 4 is 33.0 Å². The highest BCUT2D eigenvalue weighted by molar-refractivity contribution is 7.21. The second-order valence-electron chi connectivity index (χ2n) is 6.69. The molecule has 27 heavy (non-hydrogen) atoms. The van der Waals surface area contributed by atoms with Crippen LogP contribution in [0.1, 0.15) is 6.42 Å². The first kappa shape index (κ1) is 18.6. The van der Waals surface area contributed by atoms with E-state index in [1.54, 1.807) is 11.3 Å². The molecule has 0 saturated carbocycles. The first-order chi connectivity index (χ1) is 13.3. The predicted molar refractivity (Wildman–Crippen MR) is 115 cm³/mol. The highest BCUT2D eigenvalue weighted by Crippen LogP contribution is 2.29. The van der Waals surface area contributed by atoms with Crippen LogP contribution in [0.2, 0.25) is 5.02 Å². The van der Waals surface area contributed by atoms with E-state index in [2.05, 4.69) is 41.3 Å². The summed E-state index contributed by atoms with van der Waals surface area (Å²) >= 11 is 8.04. The van der Waals surface area contributed by atoms with Gasteiger partial charge in [0.25, 0.3) is 0 Å². The molecule has 3 nitrogen and oxygen atoms in total. The third-order valence-electron chi connectivity index (χ3n) is 4.78. The maximum absolute atomic E-state index is 6.25. The van der Waals surface area contributed by atoms with E-state index in [4.69, 9.17) is 21.3 Å². The van der Waals surface area contributed by atoms with Crippen LogP contribution in [-0.2, 0) is 4.74 Å². The number of ether oxygens (including phenoxy) is 1. The molecule has 1 aromatic heterocycles. The van der Waals surface area contributed by atoms with Crippen LogP contribution < -0.4 is 5.36 Å². The van der Waals surface area contributed by atoms with Crippen molar-refractivity contribution < 1.29 is 4.74 Å². The molecule has 5 heteroatoms. The molecule has 2 aromatic carbocycles. The SMILES string of the molecule is Clc1ccc2sc(-c3ccccc3)cc(=NCCCN3CCOCC3)c2c1. The van der Waals surface area contributed by atoms with Gasteiger partial charge in [-0.3, -0.25) is 9.89 Å². The largest absolute Gasteiger partial charge is 0.379 e. The van der Waals surface area contributed by atoms with Crippen LogP contribution in [0.5, 0.6) is 0 Å². The van der Waals surface area contributed by atoms with Crippen molar-refractivity contribution in [1.82, 2.24) is 4.90 Å². The number of morpholine rings is 1. The quantitative estimate of drug-likeness (QED) is 0.574. The van der Waals surface area contributed by atoms with E-state index >= 15 is 0 Å². The first-order valence-corrected chi connectivity index (χ1v) is 10.6. The van der Waals surface area contributed by atoms with Crippen molar-refractivity contribution in [3.8, 4) is 10.4 Å². The van der Waals surface area contributed by atoms with Crippen LogP contribution >= 0.6 is 22.9 Å². The predicted octanol–water partition coefficient (Wildman–Crippen LogP) is 4.84. The zero-order valence-electron chi connectivity index (χ0n) is 15.2. The lowest BCUT2D eigenvalue weighted by molar-refractivity contribution is 0.0377. The number of halogens is 1. The molecule has 0 spiro atoms. The summed E-state index contributed by atoms with van der Waals surface area (Å²) in [6.45, 7) is 5.66. The Morgan fingerprint density at radius 1 is 1.04 bits per heavy atom. The highest BCUT2D eigenvalue weighted by Gasteiger charge is 2.09. The molecule has 0 amide bonds. The maximum Gasteiger partial charge on any atom is 0.0675 e. The van der Waals surface area contributed by atoms with Gasteiger partial charge in [0.2, 0.25) is 0 Å². The van der Waals surface area contributed by atoms with Crippen LogP contribution in [0.4, 0.5) is 0 Å². The number of hydrogen-bond donors (Lipinski definition) is 0. The van der Waals surface area contributed by atoms with Crippen LogP contribution in [0.3, 0.4) is 0 Å². The van der Waals surface area contributed by atoms with Gasteiger partial charge in [0, 0.05) is 46.2 Å². The van der Waals surface area contributed by atoms with Gasteiger partial charge in [-0.25, -0.2) is 0 Å². The zero-order valence-corrected chi connectivity index (χ0v) is 16.8. The monoisotopic (exact) mass is 398 g/mol. The molecule has 1 saturated heterocycles. The summed E-state index contributed by atoms with van der Waals surface area (Å²) in [4.78, 5) is 8.62. The van der Waals surface area contributed by atoms with E-state index in [9.17, 15) is 0 Å². The molecule has 0 atom stereocenters. The summed E-state index contributed by atoms with van der Waals surface area (Å²) in [5, 5.41) is 2.93. The van der Waals surface area contributed by atoms with Crippen molar-refractivity contribution in [2.45, 2.75) is 6.42 Å². The first-order valence-electron chi connectivity index (χ1n) is 9.39. The summed E-state index contributed by atoms with van der Waals surface area (Å²) in [5.74, 6) is 0. The van der Waals surface area contributed by atoms with Crippen molar-refractivity contribution in [1.29, 1.82) is 0 Å². The Kier molecular flexibility index (Phi) is 6.20. The molecule has 4 rings (SSSR count). The molecule has 0 bridgehead atoms. The van der Waals surface area contributed by atoms with Gasteiger partial charge in [-0.2, -0.15) is 0 Å². The second-order valence-corrected chi connectivity index (χ2v) is 8.21. The van der Waals surface area contributed by atoms with Crippen molar-refractivity contribution in [3.05, 3.63) is 65.0 Å². The average molecular weight is 399 g/mol. The summed E-state index contributed by atoms with van der Waals surface area (Å²) in [7, 11) is 0. The summed E-state index contributed by atoms with van der Waals surface area (Å²) in [5.41, 5.74) is 1.23. The van der Waals surface area contributed by atoms with Gasteiger partial charge in [-0.05, 0) is 36.2 Å². The molecule has 2 heterocycles. The van der Waals surface area contributed by atoms with Gasteiger partial charge in [0.15, 0.2) is 0 Å². The Labute approximate surface area is 168 Å². The van der Waals surface area contributed by atoms with E-state index < -0.39 is 0 Å². The molecule has 0 radical (unpaired) electrons. The van der Waals surface area contributed by atoms with Gasteiger partial charge in [-0.15, -0.1) is 11.3 Å². The molecule has 1 aliphatic heterocycles. The van der Waals surface area contributed by atoms with Crippen LogP contribution in [0.25, 0.3) is 20.5 Å². The fourth-order valence-electron chi connectivity index (χ4n) is 3.34. The van der Waals surface area contributed by atoms with Crippen molar-refractivity contribution in [3.63, 3.8) is 0 Å². The minimum atomic E-state index is 0.756. The van der Waals surface area contributed by atoms with E-state index in [1.807, 2.05) is 18.2 Å². The fraction of sp³-hybridized carbons (Fsp3) is 0.318.